The smallest absolute Gasteiger partial charge is 0.175 e. The van der Waals surface area contributed by atoms with Crippen LogP contribution in [0.2, 0.25) is 5.15 Å². The summed E-state index contributed by atoms with van der Waals surface area (Å²) in [6.45, 7) is 1.99. The van der Waals surface area contributed by atoms with Crippen LogP contribution < -0.4 is 0 Å². The number of benzene rings is 1. The van der Waals surface area contributed by atoms with E-state index in [1.54, 1.807) is 6.20 Å². The summed E-state index contributed by atoms with van der Waals surface area (Å²) in [5.74, 6) is 1.03. The molecule has 0 aliphatic carbocycles. The fourth-order valence-electron chi connectivity index (χ4n) is 3.55. The van der Waals surface area contributed by atoms with E-state index < -0.39 is 0 Å². The Morgan fingerprint density at radius 2 is 1.96 bits per heavy atom. The zero-order chi connectivity index (χ0) is 18.5. The van der Waals surface area contributed by atoms with Gasteiger partial charge in [0.05, 0.1) is 22.2 Å². The van der Waals surface area contributed by atoms with E-state index in [-0.39, 0.29) is 0 Å². The summed E-state index contributed by atoms with van der Waals surface area (Å²) in [5.41, 5.74) is 5.77. The van der Waals surface area contributed by atoms with Gasteiger partial charge in [0, 0.05) is 43.1 Å². The molecule has 27 heavy (non-hydrogen) atoms. The molecular weight excluding hydrogens is 360 g/mol. The number of imidazole rings is 2. The van der Waals surface area contributed by atoms with E-state index in [1.807, 2.05) is 35.9 Å². The Kier molecular flexibility index (Phi) is 3.62. The van der Waals surface area contributed by atoms with Crippen LogP contribution in [0.4, 0.5) is 0 Å². The summed E-state index contributed by atoms with van der Waals surface area (Å²) < 4.78 is 4.14. The van der Waals surface area contributed by atoms with Gasteiger partial charge in [-0.05, 0) is 37.6 Å². The minimum Gasteiger partial charge on any atom is -0.331 e. The van der Waals surface area contributed by atoms with Gasteiger partial charge in [-0.3, -0.25) is 9.38 Å². The quantitative estimate of drug-likeness (QED) is 0.479. The third-order valence-electron chi connectivity index (χ3n) is 5.01. The van der Waals surface area contributed by atoms with Gasteiger partial charge in [-0.1, -0.05) is 11.6 Å². The van der Waals surface area contributed by atoms with Crippen molar-refractivity contribution in [3.8, 4) is 0 Å². The summed E-state index contributed by atoms with van der Waals surface area (Å²) in [6.07, 6.45) is 7.17. The lowest BCUT2D eigenvalue weighted by atomic mass is 10.2. The molecule has 0 spiro atoms. The number of pyridine rings is 1. The molecular formula is C20H17ClN6. The Morgan fingerprint density at radius 3 is 2.81 bits per heavy atom. The lowest BCUT2D eigenvalue weighted by molar-refractivity contribution is 0.779. The van der Waals surface area contributed by atoms with Crippen molar-refractivity contribution in [2.75, 3.05) is 0 Å². The van der Waals surface area contributed by atoms with Crippen LogP contribution in [0.25, 0.3) is 27.6 Å². The standard InChI is InChI=1S/C20H17ClN6/c1-12-10-23-19(21)20-24-13(11-27(12)20)5-8-17-25-18-14-4-3-9-22-15(14)6-7-16(18)26(17)2/h3-4,6-7,9-11H,5,8H2,1-2H3. The van der Waals surface area contributed by atoms with Crippen molar-refractivity contribution >= 4 is 39.2 Å². The third kappa shape index (κ3) is 2.56. The second-order valence-corrected chi connectivity index (χ2v) is 7.06. The summed E-state index contributed by atoms with van der Waals surface area (Å²) in [4.78, 5) is 18.1. The van der Waals surface area contributed by atoms with E-state index in [0.29, 0.717) is 10.8 Å². The lowest BCUT2D eigenvalue weighted by Gasteiger charge is -2.01. The molecule has 0 aliphatic heterocycles. The first-order chi connectivity index (χ1) is 13.1. The molecule has 0 saturated heterocycles. The maximum atomic E-state index is 6.18. The summed E-state index contributed by atoms with van der Waals surface area (Å²) >= 11 is 6.18. The molecule has 5 rings (SSSR count). The normalized spacial score (nSPS) is 11.8. The molecule has 134 valence electrons. The number of aryl methyl sites for hydroxylation is 4. The summed E-state index contributed by atoms with van der Waals surface area (Å²) in [7, 11) is 2.06. The van der Waals surface area contributed by atoms with Gasteiger partial charge in [0.1, 0.15) is 5.82 Å². The molecule has 0 amide bonds. The van der Waals surface area contributed by atoms with Crippen LogP contribution in [-0.2, 0) is 19.9 Å². The highest BCUT2D eigenvalue weighted by Crippen LogP contribution is 2.24. The first kappa shape index (κ1) is 16.2. The SMILES string of the molecule is Cc1cnc(Cl)c2nc(CCc3nc4c5cccnc5ccc4n3C)cn12. The molecule has 0 aliphatic rings. The second-order valence-electron chi connectivity index (χ2n) is 6.71. The van der Waals surface area contributed by atoms with Crippen molar-refractivity contribution in [3.63, 3.8) is 0 Å². The topological polar surface area (TPSA) is 60.9 Å². The number of aromatic nitrogens is 6. The minimum absolute atomic E-state index is 0.425. The second kappa shape index (κ2) is 6.03. The Morgan fingerprint density at radius 1 is 1.07 bits per heavy atom. The van der Waals surface area contributed by atoms with Crippen LogP contribution in [0.5, 0.6) is 0 Å². The van der Waals surface area contributed by atoms with E-state index in [1.165, 1.54) is 0 Å². The zero-order valence-electron chi connectivity index (χ0n) is 15.0. The predicted octanol–water partition coefficient (Wildman–Crippen LogP) is 3.91. The van der Waals surface area contributed by atoms with Crippen molar-refractivity contribution in [2.45, 2.75) is 19.8 Å². The summed E-state index contributed by atoms with van der Waals surface area (Å²) in [6, 6.07) is 8.15. The number of fused-ring (bicyclic) bond motifs is 4. The molecule has 7 heteroatoms. The van der Waals surface area contributed by atoms with E-state index >= 15 is 0 Å². The predicted molar refractivity (Wildman–Crippen MR) is 106 cm³/mol. The fourth-order valence-corrected chi connectivity index (χ4v) is 3.74. The lowest BCUT2D eigenvalue weighted by Crippen LogP contribution is -2.00. The Balaban J connectivity index is 1.52. The summed E-state index contributed by atoms with van der Waals surface area (Å²) in [5, 5.41) is 1.51. The van der Waals surface area contributed by atoms with Gasteiger partial charge in [0.15, 0.2) is 10.8 Å². The van der Waals surface area contributed by atoms with Gasteiger partial charge >= 0.3 is 0 Å². The first-order valence-corrected chi connectivity index (χ1v) is 9.18. The molecule has 1 aromatic carbocycles. The molecule has 0 atom stereocenters. The molecule has 0 fully saturated rings. The van der Waals surface area contributed by atoms with Gasteiger partial charge < -0.3 is 4.57 Å². The highest BCUT2D eigenvalue weighted by molar-refractivity contribution is 6.32. The van der Waals surface area contributed by atoms with Crippen molar-refractivity contribution in [1.82, 2.24) is 28.9 Å². The molecule has 6 nitrogen and oxygen atoms in total. The number of hydrogen-bond donors (Lipinski definition) is 0. The van der Waals surface area contributed by atoms with Crippen LogP contribution >= 0.6 is 11.6 Å². The zero-order valence-corrected chi connectivity index (χ0v) is 15.8. The fraction of sp³-hybridized carbons (Fsp3) is 0.200. The van der Waals surface area contributed by atoms with Crippen LogP contribution in [0, 0.1) is 6.92 Å². The molecule has 0 saturated carbocycles. The van der Waals surface area contributed by atoms with Crippen LogP contribution in [0.15, 0.2) is 42.9 Å². The van der Waals surface area contributed by atoms with Crippen molar-refractivity contribution in [3.05, 3.63) is 65.2 Å². The monoisotopic (exact) mass is 376 g/mol. The highest BCUT2D eigenvalue weighted by atomic mass is 35.5. The number of nitrogens with zero attached hydrogens (tertiary/aromatic N) is 6. The van der Waals surface area contributed by atoms with Crippen LogP contribution in [-0.4, -0.2) is 28.9 Å². The van der Waals surface area contributed by atoms with Crippen molar-refractivity contribution in [2.24, 2.45) is 7.05 Å². The molecule has 0 radical (unpaired) electrons. The molecule has 0 bridgehead atoms. The van der Waals surface area contributed by atoms with Gasteiger partial charge in [0.2, 0.25) is 0 Å². The minimum atomic E-state index is 0.425. The van der Waals surface area contributed by atoms with E-state index in [4.69, 9.17) is 16.6 Å². The molecule has 5 aromatic rings. The molecule has 4 aromatic heterocycles. The van der Waals surface area contributed by atoms with E-state index in [0.717, 1.165) is 52.0 Å². The average Bonchev–Trinajstić information content (AvgIpc) is 3.26. The van der Waals surface area contributed by atoms with Crippen LogP contribution in [0.3, 0.4) is 0 Å². The van der Waals surface area contributed by atoms with E-state index in [9.17, 15) is 0 Å². The first-order valence-electron chi connectivity index (χ1n) is 8.80. The average molecular weight is 377 g/mol. The molecule has 4 heterocycles. The highest BCUT2D eigenvalue weighted by Gasteiger charge is 2.13. The number of rotatable bonds is 3. The third-order valence-corrected chi connectivity index (χ3v) is 5.28. The molecule has 0 N–H and O–H groups in total. The largest absolute Gasteiger partial charge is 0.331 e. The van der Waals surface area contributed by atoms with Gasteiger partial charge in [-0.15, -0.1) is 0 Å². The Hall–Kier alpha value is -2.99. The van der Waals surface area contributed by atoms with Gasteiger partial charge in [0.25, 0.3) is 0 Å². The van der Waals surface area contributed by atoms with Crippen molar-refractivity contribution < 1.29 is 0 Å². The Bertz CT molecular complexity index is 1280. The molecule has 0 unspecified atom stereocenters. The van der Waals surface area contributed by atoms with Crippen molar-refractivity contribution in [1.29, 1.82) is 0 Å². The number of hydrogen-bond acceptors (Lipinski definition) is 4. The van der Waals surface area contributed by atoms with Gasteiger partial charge in [-0.2, -0.15) is 0 Å². The van der Waals surface area contributed by atoms with E-state index in [2.05, 4.69) is 38.7 Å². The number of halogens is 1. The van der Waals surface area contributed by atoms with Crippen LogP contribution in [0.1, 0.15) is 17.2 Å². The maximum absolute atomic E-state index is 6.18. The Labute approximate surface area is 160 Å². The maximum Gasteiger partial charge on any atom is 0.175 e. The van der Waals surface area contributed by atoms with Gasteiger partial charge in [-0.25, -0.2) is 15.0 Å².